The Morgan fingerprint density at radius 3 is 2.05 bits per heavy atom. The topological polar surface area (TPSA) is 77.9 Å². The Morgan fingerprint density at radius 2 is 1.58 bits per heavy atom. The molecule has 2 aliphatic rings. The molecule has 0 unspecified atom stereocenters. The first-order chi connectivity index (χ1) is 8.88. The number of aliphatic hydroxyl groups excluding tert-OH is 1. The third kappa shape index (κ3) is 3.67. The summed E-state index contributed by atoms with van der Waals surface area (Å²) in [5.74, 6) is 0.0632. The molecule has 6 nitrogen and oxygen atoms in total. The minimum absolute atomic E-state index is 0.0618. The molecule has 19 heavy (non-hydrogen) atoms. The summed E-state index contributed by atoms with van der Waals surface area (Å²) in [4.78, 5) is 14.1. The van der Waals surface area contributed by atoms with Crippen molar-refractivity contribution < 1.29 is 18.3 Å². The third-order valence-corrected chi connectivity index (χ3v) is 5.35. The first-order valence-electron chi connectivity index (χ1n) is 6.80. The molecule has 1 N–H and O–H groups in total. The van der Waals surface area contributed by atoms with Crippen LogP contribution in [0.25, 0.3) is 0 Å². The van der Waals surface area contributed by atoms with E-state index in [0.29, 0.717) is 51.9 Å². The Balaban J connectivity index is 1.86. The van der Waals surface area contributed by atoms with Crippen LogP contribution in [0.15, 0.2) is 0 Å². The first kappa shape index (κ1) is 14.7. The van der Waals surface area contributed by atoms with Gasteiger partial charge in [0.25, 0.3) is 0 Å². The van der Waals surface area contributed by atoms with E-state index in [2.05, 4.69) is 0 Å². The first-order valence-corrected chi connectivity index (χ1v) is 8.64. The van der Waals surface area contributed by atoms with Crippen molar-refractivity contribution in [3.8, 4) is 0 Å². The summed E-state index contributed by atoms with van der Waals surface area (Å²) in [6, 6.07) is 0. The van der Waals surface area contributed by atoms with Crippen molar-refractivity contribution >= 4 is 15.9 Å². The number of hydrogen-bond donors (Lipinski definition) is 1. The zero-order valence-corrected chi connectivity index (χ0v) is 12.1. The lowest BCUT2D eigenvalue weighted by molar-refractivity contribution is -0.138. The quantitative estimate of drug-likeness (QED) is 0.753. The lowest BCUT2D eigenvalue weighted by Gasteiger charge is -2.35. The number of rotatable bonds is 2. The molecule has 0 bridgehead atoms. The molecule has 2 fully saturated rings. The molecule has 0 aliphatic carbocycles. The number of piperidine rings is 2. The number of carbonyl (C=O) groups excluding carboxylic acids is 1. The molecule has 1 amide bonds. The molecule has 2 rings (SSSR count). The van der Waals surface area contributed by atoms with Crippen molar-refractivity contribution in [3.63, 3.8) is 0 Å². The van der Waals surface area contributed by atoms with Crippen LogP contribution in [-0.4, -0.2) is 67.2 Å². The number of amides is 1. The summed E-state index contributed by atoms with van der Waals surface area (Å²) in [6.45, 7) is 2.11. The molecule has 0 atom stereocenters. The fourth-order valence-electron chi connectivity index (χ4n) is 2.78. The van der Waals surface area contributed by atoms with E-state index in [1.807, 2.05) is 4.90 Å². The van der Waals surface area contributed by atoms with Crippen molar-refractivity contribution in [1.29, 1.82) is 0 Å². The van der Waals surface area contributed by atoms with Gasteiger partial charge in [0.1, 0.15) is 0 Å². The van der Waals surface area contributed by atoms with Gasteiger partial charge in [-0.2, -0.15) is 0 Å². The molecule has 2 aliphatic heterocycles. The molecule has 0 aromatic carbocycles. The predicted octanol–water partition coefficient (Wildman–Crippen LogP) is -0.359. The molecule has 0 spiro atoms. The highest BCUT2D eigenvalue weighted by Gasteiger charge is 2.32. The van der Waals surface area contributed by atoms with E-state index in [1.165, 1.54) is 10.6 Å². The molecular weight excluding hydrogens is 268 g/mol. The zero-order chi connectivity index (χ0) is 14.0. The van der Waals surface area contributed by atoms with Crippen LogP contribution in [0.3, 0.4) is 0 Å². The standard InChI is InChI=1S/C12H22N2O4S/c1-19(17,18)14-8-2-10(3-9-14)12(16)13-6-4-11(15)5-7-13/h10-11,15H,2-9H2,1H3. The summed E-state index contributed by atoms with van der Waals surface area (Å²) in [6.07, 6.45) is 3.43. The van der Waals surface area contributed by atoms with Crippen LogP contribution < -0.4 is 0 Å². The van der Waals surface area contributed by atoms with E-state index >= 15 is 0 Å². The van der Waals surface area contributed by atoms with Crippen LogP contribution in [0.5, 0.6) is 0 Å². The zero-order valence-electron chi connectivity index (χ0n) is 11.3. The fraction of sp³-hybridized carbons (Fsp3) is 0.917. The second-order valence-electron chi connectivity index (χ2n) is 5.49. The molecular formula is C12H22N2O4S. The van der Waals surface area contributed by atoms with Gasteiger partial charge in [-0.25, -0.2) is 12.7 Å². The number of carbonyl (C=O) groups is 1. The second-order valence-corrected chi connectivity index (χ2v) is 7.48. The van der Waals surface area contributed by atoms with Crippen LogP contribution in [0.2, 0.25) is 0 Å². The monoisotopic (exact) mass is 290 g/mol. The lowest BCUT2D eigenvalue weighted by atomic mass is 9.95. The molecule has 0 aromatic heterocycles. The minimum atomic E-state index is -3.13. The van der Waals surface area contributed by atoms with Crippen molar-refractivity contribution in [3.05, 3.63) is 0 Å². The minimum Gasteiger partial charge on any atom is -0.393 e. The maximum atomic E-state index is 12.3. The van der Waals surface area contributed by atoms with Gasteiger partial charge in [-0.15, -0.1) is 0 Å². The number of nitrogens with zero attached hydrogens (tertiary/aromatic N) is 2. The maximum Gasteiger partial charge on any atom is 0.225 e. The highest BCUT2D eigenvalue weighted by Crippen LogP contribution is 2.23. The predicted molar refractivity (Wildman–Crippen MR) is 71.0 cm³/mol. The Labute approximate surface area is 114 Å². The summed E-state index contributed by atoms with van der Waals surface area (Å²) in [5, 5.41) is 9.43. The molecule has 0 saturated carbocycles. The Kier molecular flexibility index (Phi) is 4.47. The second kappa shape index (κ2) is 5.76. The van der Waals surface area contributed by atoms with Gasteiger partial charge in [0.15, 0.2) is 0 Å². The molecule has 0 aromatic rings. The van der Waals surface area contributed by atoms with Crippen LogP contribution in [0.4, 0.5) is 0 Å². The molecule has 0 radical (unpaired) electrons. The van der Waals surface area contributed by atoms with Gasteiger partial charge in [-0.3, -0.25) is 4.79 Å². The van der Waals surface area contributed by atoms with Crippen LogP contribution >= 0.6 is 0 Å². The van der Waals surface area contributed by atoms with E-state index < -0.39 is 10.0 Å². The van der Waals surface area contributed by atoms with E-state index in [9.17, 15) is 18.3 Å². The third-order valence-electron chi connectivity index (χ3n) is 4.05. The van der Waals surface area contributed by atoms with Crippen molar-refractivity contribution in [2.45, 2.75) is 31.8 Å². The van der Waals surface area contributed by atoms with E-state index in [-0.39, 0.29) is 17.9 Å². The highest BCUT2D eigenvalue weighted by molar-refractivity contribution is 7.88. The van der Waals surface area contributed by atoms with E-state index in [4.69, 9.17) is 0 Å². The number of aliphatic hydroxyl groups is 1. The van der Waals surface area contributed by atoms with Gasteiger partial charge >= 0.3 is 0 Å². The van der Waals surface area contributed by atoms with Crippen LogP contribution in [-0.2, 0) is 14.8 Å². The Hall–Kier alpha value is -0.660. The largest absolute Gasteiger partial charge is 0.393 e. The van der Waals surface area contributed by atoms with Gasteiger partial charge in [-0.05, 0) is 25.7 Å². The fourth-order valence-corrected chi connectivity index (χ4v) is 3.65. The SMILES string of the molecule is CS(=O)(=O)N1CCC(C(=O)N2CCC(O)CC2)CC1. The lowest BCUT2D eigenvalue weighted by Crippen LogP contribution is -2.47. The average Bonchev–Trinajstić information content (AvgIpc) is 2.38. The number of hydrogen-bond acceptors (Lipinski definition) is 4. The smallest absolute Gasteiger partial charge is 0.225 e. The van der Waals surface area contributed by atoms with Crippen LogP contribution in [0, 0.1) is 5.92 Å². The van der Waals surface area contributed by atoms with E-state index in [1.54, 1.807) is 0 Å². The van der Waals surface area contributed by atoms with Crippen LogP contribution in [0.1, 0.15) is 25.7 Å². The van der Waals surface area contributed by atoms with Gasteiger partial charge in [-0.1, -0.05) is 0 Å². The van der Waals surface area contributed by atoms with Crippen molar-refractivity contribution in [2.24, 2.45) is 5.92 Å². The van der Waals surface area contributed by atoms with Gasteiger partial charge in [0, 0.05) is 32.1 Å². The summed E-state index contributed by atoms with van der Waals surface area (Å²) >= 11 is 0. The normalized spacial score (nSPS) is 24.6. The van der Waals surface area contributed by atoms with Gasteiger partial charge < -0.3 is 10.0 Å². The molecule has 7 heteroatoms. The van der Waals surface area contributed by atoms with Crippen molar-refractivity contribution in [1.82, 2.24) is 9.21 Å². The van der Waals surface area contributed by atoms with Gasteiger partial charge in [0.2, 0.25) is 15.9 Å². The Morgan fingerprint density at radius 1 is 1.05 bits per heavy atom. The Bertz CT molecular complexity index is 421. The average molecular weight is 290 g/mol. The summed E-state index contributed by atoms with van der Waals surface area (Å²) < 4.78 is 24.2. The van der Waals surface area contributed by atoms with Crippen molar-refractivity contribution in [2.75, 3.05) is 32.4 Å². The summed E-state index contributed by atoms with van der Waals surface area (Å²) in [5.41, 5.74) is 0. The number of sulfonamides is 1. The maximum absolute atomic E-state index is 12.3. The molecule has 2 saturated heterocycles. The van der Waals surface area contributed by atoms with E-state index in [0.717, 1.165) is 0 Å². The molecule has 2 heterocycles. The highest BCUT2D eigenvalue weighted by atomic mass is 32.2. The van der Waals surface area contributed by atoms with Gasteiger partial charge in [0.05, 0.1) is 12.4 Å². The number of likely N-dealkylation sites (tertiary alicyclic amines) is 1. The summed E-state index contributed by atoms with van der Waals surface area (Å²) in [7, 11) is -3.13. The molecule has 110 valence electrons.